The van der Waals surface area contributed by atoms with E-state index in [1.807, 2.05) is 0 Å². The monoisotopic (exact) mass is 312 g/mol. The standard InChI is InChI=1S/Ca.2HI.H2O/h;2*1H;1H2/q+2;;;/p-2. The molecule has 0 fully saturated rings. The van der Waals surface area contributed by atoms with E-state index >= 15 is 0 Å². The van der Waals surface area contributed by atoms with Crippen LogP contribution in [0.5, 0.6) is 0 Å². The summed E-state index contributed by atoms with van der Waals surface area (Å²) in [6.45, 7) is 0. The van der Waals surface area contributed by atoms with Gasteiger partial charge in [0.2, 0.25) is 0 Å². The van der Waals surface area contributed by atoms with Crippen LogP contribution in [0.15, 0.2) is 0 Å². The van der Waals surface area contributed by atoms with Gasteiger partial charge in [0, 0.05) is 0 Å². The van der Waals surface area contributed by atoms with Gasteiger partial charge in [-0.2, -0.15) is 0 Å². The zero-order valence-electron chi connectivity index (χ0n) is 1.96. The molecule has 2 N–H and O–H groups in total. The number of hydrogen-bond donors (Lipinski definition) is 0. The third-order valence-electron chi connectivity index (χ3n) is 0. The predicted molar refractivity (Wildman–Crippen MR) is 9.37 cm³/mol. The van der Waals surface area contributed by atoms with E-state index in [-0.39, 0.29) is 91.2 Å². The Morgan fingerprint density at radius 1 is 0.750 bits per heavy atom. The molecule has 4 heteroatoms. The van der Waals surface area contributed by atoms with E-state index in [1.165, 1.54) is 0 Å². The van der Waals surface area contributed by atoms with Crippen LogP contribution in [0.3, 0.4) is 0 Å². The van der Waals surface area contributed by atoms with Crippen molar-refractivity contribution in [3.63, 3.8) is 0 Å². The van der Waals surface area contributed by atoms with Gasteiger partial charge in [-0.1, -0.05) is 0 Å². The van der Waals surface area contributed by atoms with E-state index in [1.54, 1.807) is 0 Å². The Balaban J connectivity index is 0. The summed E-state index contributed by atoms with van der Waals surface area (Å²) >= 11 is 0. The van der Waals surface area contributed by atoms with Gasteiger partial charge in [0.25, 0.3) is 0 Å². The topological polar surface area (TPSA) is 31.5 Å². The Morgan fingerprint density at radius 2 is 0.750 bits per heavy atom. The molecule has 4 heavy (non-hydrogen) atoms. The zero-order valence-corrected chi connectivity index (χ0v) is 8.49. The van der Waals surface area contributed by atoms with Gasteiger partial charge >= 0.3 is 37.7 Å². The molecule has 0 aliphatic carbocycles. The van der Waals surface area contributed by atoms with Gasteiger partial charge in [-0.3, -0.25) is 0 Å². The summed E-state index contributed by atoms with van der Waals surface area (Å²) in [6.07, 6.45) is 0. The van der Waals surface area contributed by atoms with Gasteiger partial charge in [-0.25, -0.2) is 0 Å². The van der Waals surface area contributed by atoms with Crippen LogP contribution in [0.25, 0.3) is 0 Å². The van der Waals surface area contributed by atoms with Crippen molar-refractivity contribution in [2.24, 2.45) is 0 Å². The molecule has 0 aliphatic rings. The molecule has 0 atom stereocenters. The van der Waals surface area contributed by atoms with Crippen molar-refractivity contribution in [3.8, 4) is 0 Å². The average molecular weight is 312 g/mol. The molecule has 0 bridgehead atoms. The van der Waals surface area contributed by atoms with Gasteiger partial charge in [0.1, 0.15) is 0 Å². The number of halogens is 2. The molecule has 0 unspecified atom stereocenters. The molecule has 0 saturated carbocycles. The molecule has 0 aromatic heterocycles. The molecule has 0 heterocycles. The van der Waals surface area contributed by atoms with Crippen LogP contribution in [0.2, 0.25) is 0 Å². The van der Waals surface area contributed by atoms with Crippen LogP contribution in [0.4, 0.5) is 0 Å². The van der Waals surface area contributed by atoms with E-state index in [0.717, 1.165) is 0 Å². The maximum atomic E-state index is 0. The van der Waals surface area contributed by atoms with E-state index in [9.17, 15) is 0 Å². The van der Waals surface area contributed by atoms with Crippen LogP contribution in [0.1, 0.15) is 0 Å². The molecule has 0 aliphatic heterocycles. The molecular formula is H2CaI2O. The minimum atomic E-state index is 0. The predicted octanol–water partition coefficient (Wildman–Crippen LogP) is -7.20. The fourth-order valence-corrected chi connectivity index (χ4v) is 0. The van der Waals surface area contributed by atoms with Crippen LogP contribution in [0, 0.1) is 0 Å². The summed E-state index contributed by atoms with van der Waals surface area (Å²) < 4.78 is 0. The van der Waals surface area contributed by atoms with Gasteiger partial charge in [0.15, 0.2) is 0 Å². The first-order valence-corrected chi connectivity index (χ1v) is 0. The minimum Gasteiger partial charge on any atom is -1.00 e. The number of rotatable bonds is 0. The Hall–Kier alpha value is 2.68. The molecule has 0 spiro atoms. The Labute approximate surface area is 89.3 Å². The van der Waals surface area contributed by atoms with Crippen molar-refractivity contribution >= 4 is 37.7 Å². The summed E-state index contributed by atoms with van der Waals surface area (Å²) in [4.78, 5) is 0. The van der Waals surface area contributed by atoms with Crippen LogP contribution in [-0.4, -0.2) is 43.2 Å². The SMILES string of the molecule is O.[Ca+2].[I-].[I-]. The Morgan fingerprint density at radius 3 is 0.750 bits per heavy atom. The Bertz CT molecular complexity index is 6.00. The van der Waals surface area contributed by atoms with Crippen molar-refractivity contribution < 1.29 is 53.4 Å². The average Bonchev–Trinajstić information content (AvgIpc) is 0. The molecule has 0 aromatic carbocycles. The minimum absolute atomic E-state index is 0. The van der Waals surface area contributed by atoms with Crippen LogP contribution < -0.4 is 48.0 Å². The second kappa shape index (κ2) is 17.3. The molecule has 0 aromatic rings. The third kappa shape index (κ3) is 8.82. The van der Waals surface area contributed by atoms with Crippen molar-refractivity contribution in [1.29, 1.82) is 0 Å². The van der Waals surface area contributed by atoms with Crippen molar-refractivity contribution in [3.05, 3.63) is 0 Å². The first-order valence-electron chi connectivity index (χ1n) is 0. The zero-order chi connectivity index (χ0) is 0. The molecule has 24 valence electrons. The summed E-state index contributed by atoms with van der Waals surface area (Å²) in [5.74, 6) is 0. The second-order valence-corrected chi connectivity index (χ2v) is 0. The van der Waals surface area contributed by atoms with Crippen LogP contribution >= 0.6 is 0 Å². The molecular weight excluding hydrogens is 310 g/mol. The summed E-state index contributed by atoms with van der Waals surface area (Å²) in [7, 11) is 0. The number of hydrogen-bond acceptors (Lipinski definition) is 0. The van der Waals surface area contributed by atoms with Gasteiger partial charge in [-0.15, -0.1) is 0 Å². The summed E-state index contributed by atoms with van der Waals surface area (Å²) in [6, 6.07) is 0. The van der Waals surface area contributed by atoms with Gasteiger partial charge in [0.05, 0.1) is 0 Å². The quantitative estimate of drug-likeness (QED) is 0.315. The Kier molecular flexibility index (Phi) is 130. The fraction of sp³-hybridized carbons (Fsp3) is 0. The van der Waals surface area contributed by atoms with E-state index in [0.29, 0.717) is 0 Å². The first-order chi connectivity index (χ1) is 0. The summed E-state index contributed by atoms with van der Waals surface area (Å²) in [5, 5.41) is 0. The van der Waals surface area contributed by atoms with Gasteiger partial charge in [-0.05, 0) is 0 Å². The van der Waals surface area contributed by atoms with Crippen molar-refractivity contribution in [1.82, 2.24) is 0 Å². The maximum Gasteiger partial charge on any atom is 2.00 e. The normalized spacial score (nSPS) is 0. The molecule has 0 amide bonds. The second-order valence-electron chi connectivity index (χ2n) is 0. The fourth-order valence-electron chi connectivity index (χ4n) is 0. The van der Waals surface area contributed by atoms with E-state index < -0.39 is 0 Å². The largest absolute Gasteiger partial charge is 2.00 e. The van der Waals surface area contributed by atoms with Gasteiger partial charge < -0.3 is 53.4 Å². The smallest absolute Gasteiger partial charge is 1.00 e. The van der Waals surface area contributed by atoms with Crippen LogP contribution in [-0.2, 0) is 0 Å². The van der Waals surface area contributed by atoms with E-state index in [4.69, 9.17) is 0 Å². The molecule has 0 rings (SSSR count). The van der Waals surface area contributed by atoms with Crippen molar-refractivity contribution in [2.75, 3.05) is 0 Å². The molecule has 0 radical (unpaired) electrons. The van der Waals surface area contributed by atoms with E-state index in [2.05, 4.69) is 0 Å². The molecule has 0 saturated heterocycles. The maximum absolute atomic E-state index is 0. The third-order valence-corrected chi connectivity index (χ3v) is 0. The van der Waals surface area contributed by atoms with Crippen molar-refractivity contribution in [2.45, 2.75) is 0 Å². The first kappa shape index (κ1) is 30.0. The molecule has 1 nitrogen and oxygen atoms in total. The summed E-state index contributed by atoms with van der Waals surface area (Å²) in [5.41, 5.74) is 0.